The van der Waals surface area contributed by atoms with Crippen molar-refractivity contribution < 1.29 is 0 Å². The fraction of sp³-hybridized carbons (Fsp3) is 0.263. The lowest BCUT2D eigenvalue weighted by molar-refractivity contribution is 0.446. The predicted molar refractivity (Wildman–Crippen MR) is 90.8 cm³/mol. The summed E-state index contributed by atoms with van der Waals surface area (Å²) in [6.45, 7) is 2.86. The van der Waals surface area contributed by atoms with Gasteiger partial charge >= 0.3 is 0 Å². The lowest BCUT2D eigenvalue weighted by atomic mass is 9.98. The van der Waals surface area contributed by atoms with Crippen molar-refractivity contribution in [2.24, 2.45) is 0 Å². The summed E-state index contributed by atoms with van der Waals surface area (Å²) in [6, 6.07) is 19.7. The number of aromatic nitrogens is 1. The number of benzene rings is 2. The SMILES string of the molecule is c1ccc(CNCC2Cc3c([nH]c4ccccc34)CN2)cc1. The van der Waals surface area contributed by atoms with Gasteiger partial charge in [-0.05, 0) is 23.6 Å². The number of fused-ring (bicyclic) bond motifs is 3. The molecule has 1 aliphatic rings. The van der Waals surface area contributed by atoms with Crippen molar-refractivity contribution in [1.29, 1.82) is 0 Å². The summed E-state index contributed by atoms with van der Waals surface area (Å²) in [7, 11) is 0. The Balaban J connectivity index is 1.41. The van der Waals surface area contributed by atoms with E-state index in [1.165, 1.54) is 27.7 Å². The molecule has 0 amide bonds. The van der Waals surface area contributed by atoms with E-state index in [4.69, 9.17) is 0 Å². The number of para-hydroxylation sites is 1. The summed E-state index contributed by atoms with van der Waals surface area (Å²) < 4.78 is 0. The Morgan fingerprint density at radius 2 is 1.82 bits per heavy atom. The van der Waals surface area contributed by atoms with Crippen molar-refractivity contribution in [3.8, 4) is 0 Å². The zero-order valence-electron chi connectivity index (χ0n) is 12.6. The van der Waals surface area contributed by atoms with E-state index in [0.717, 1.165) is 26.1 Å². The molecule has 3 nitrogen and oxygen atoms in total. The van der Waals surface area contributed by atoms with Crippen molar-refractivity contribution in [3.63, 3.8) is 0 Å². The van der Waals surface area contributed by atoms with Gasteiger partial charge in [0, 0.05) is 42.3 Å². The van der Waals surface area contributed by atoms with E-state index < -0.39 is 0 Å². The van der Waals surface area contributed by atoms with E-state index in [1.54, 1.807) is 0 Å². The van der Waals surface area contributed by atoms with E-state index >= 15 is 0 Å². The third-order valence-corrected chi connectivity index (χ3v) is 4.48. The number of H-pyrrole nitrogens is 1. The summed E-state index contributed by atoms with van der Waals surface area (Å²) in [6.07, 6.45) is 1.08. The van der Waals surface area contributed by atoms with Gasteiger partial charge in [-0.2, -0.15) is 0 Å². The maximum absolute atomic E-state index is 3.63. The molecular weight excluding hydrogens is 270 g/mol. The molecular formula is C19H21N3. The van der Waals surface area contributed by atoms with Gasteiger partial charge in [-0.15, -0.1) is 0 Å². The molecule has 2 heterocycles. The van der Waals surface area contributed by atoms with Crippen molar-refractivity contribution in [3.05, 3.63) is 71.4 Å². The molecule has 0 aliphatic carbocycles. The number of rotatable bonds is 4. The van der Waals surface area contributed by atoms with Crippen LogP contribution in [-0.2, 0) is 19.5 Å². The molecule has 0 bridgehead atoms. The first-order valence-electron chi connectivity index (χ1n) is 7.96. The molecule has 3 aromatic rings. The highest BCUT2D eigenvalue weighted by molar-refractivity contribution is 5.84. The first-order valence-corrected chi connectivity index (χ1v) is 7.96. The van der Waals surface area contributed by atoms with E-state index in [2.05, 4.69) is 70.2 Å². The summed E-state index contributed by atoms with van der Waals surface area (Å²) in [5.41, 5.74) is 5.43. The van der Waals surface area contributed by atoms with E-state index in [1.807, 2.05) is 0 Å². The van der Waals surface area contributed by atoms with Crippen LogP contribution in [0.5, 0.6) is 0 Å². The molecule has 4 rings (SSSR count). The normalized spacial score (nSPS) is 17.5. The number of nitrogens with one attached hydrogen (secondary N) is 3. The maximum atomic E-state index is 3.63. The summed E-state index contributed by atoms with van der Waals surface area (Å²) in [5, 5.41) is 8.58. The second-order valence-electron chi connectivity index (χ2n) is 6.03. The minimum absolute atomic E-state index is 0.496. The predicted octanol–water partition coefficient (Wildman–Crippen LogP) is 2.97. The van der Waals surface area contributed by atoms with Crippen LogP contribution in [0.15, 0.2) is 54.6 Å². The fourth-order valence-electron chi connectivity index (χ4n) is 3.34. The van der Waals surface area contributed by atoms with Crippen LogP contribution in [0, 0.1) is 0 Å². The van der Waals surface area contributed by atoms with Gasteiger partial charge < -0.3 is 15.6 Å². The molecule has 22 heavy (non-hydrogen) atoms. The largest absolute Gasteiger partial charge is 0.357 e. The Hall–Kier alpha value is -2.10. The maximum Gasteiger partial charge on any atom is 0.0459 e. The van der Waals surface area contributed by atoms with Crippen molar-refractivity contribution in [2.75, 3.05) is 6.54 Å². The molecule has 1 aromatic heterocycles. The van der Waals surface area contributed by atoms with Crippen molar-refractivity contribution >= 4 is 10.9 Å². The van der Waals surface area contributed by atoms with E-state index in [0.29, 0.717) is 6.04 Å². The highest BCUT2D eigenvalue weighted by Gasteiger charge is 2.21. The second-order valence-corrected chi connectivity index (χ2v) is 6.03. The Labute approximate surface area is 130 Å². The highest BCUT2D eigenvalue weighted by Crippen LogP contribution is 2.26. The molecule has 3 heteroatoms. The Kier molecular flexibility index (Phi) is 3.67. The van der Waals surface area contributed by atoms with Crippen molar-refractivity contribution in [2.45, 2.75) is 25.6 Å². The van der Waals surface area contributed by atoms with Crippen LogP contribution in [0.1, 0.15) is 16.8 Å². The van der Waals surface area contributed by atoms with Crippen LogP contribution >= 0.6 is 0 Å². The first-order chi connectivity index (χ1) is 10.9. The average molecular weight is 291 g/mol. The van der Waals surface area contributed by atoms with Gasteiger partial charge in [0.05, 0.1) is 0 Å². The number of hydrogen-bond acceptors (Lipinski definition) is 2. The van der Waals surface area contributed by atoms with Crippen LogP contribution in [0.4, 0.5) is 0 Å². The van der Waals surface area contributed by atoms with Gasteiger partial charge in [0.15, 0.2) is 0 Å². The topological polar surface area (TPSA) is 39.9 Å². The van der Waals surface area contributed by atoms with Crippen molar-refractivity contribution in [1.82, 2.24) is 15.6 Å². The standard InChI is InChI=1S/C19H21N3/c1-2-6-14(7-3-1)11-20-12-15-10-17-16-8-4-5-9-18(16)22-19(17)13-21-15/h1-9,15,20-22H,10-13H2. The minimum Gasteiger partial charge on any atom is -0.357 e. The average Bonchev–Trinajstić information content (AvgIpc) is 2.94. The van der Waals surface area contributed by atoms with Gasteiger partial charge in [0.1, 0.15) is 0 Å². The van der Waals surface area contributed by atoms with Gasteiger partial charge in [-0.25, -0.2) is 0 Å². The highest BCUT2D eigenvalue weighted by atomic mass is 15.0. The Bertz CT molecular complexity index is 761. The molecule has 112 valence electrons. The van der Waals surface area contributed by atoms with Gasteiger partial charge in [0.25, 0.3) is 0 Å². The molecule has 0 saturated heterocycles. The van der Waals surface area contributed by atoms with Gasteiger partial charge in [-0.3, -0.25) is 0 Å². The molecule has 0 radical (unpaired) electrons. The second kappa shape index (κ2) is 5.95. The molecule has 1 atom stereocenters. The Morgan fingerprint density at radius 3 is 2.73 bits per heavy atom. The lowest BCUT2D eigenvalue weighted by Gasteiger charge is -2.24. The van der Waals surface area contributed by atoms with Crippen LogP contribution in [-0.4, -0.2) is 17.6 Å². The molecule has 1 aliphatic heterocycles. The number of hydrogen-bond donors (Lipinski definition) is 3. The number of aromatic amines is 1. The molecule has 3 N–H and O–H groups in total. The molecule has 0 spiro atoms. The van der Waals surface area contributed by atoms with E-state index in [9.17, 15) is 0 Å². The van der Waals surface area contributed by atoms with Gasteiger partial charge in [0.2, 0.25) is 0 Å². The van der Waals surface area contributed by atoms with Crippen LogP contribution in [0.3, 0.4) is 0 Å². The van der Waals surface area contributed by atoms with Crippen LogP contribution < -0.4 is 10.6 Å². The van der Waals surface area contributed by atoms with Gasteiger partial charge in [-0.1, -0.05) is 48.5 Å². The minimum atomic E-state index is 0.496. The summed E-state index contributed by atoms with van der Waals surface area (Å²) in [4.78, 5) is 3.54. The molecule has 0 saturated carbocycles. The summed E-state index contributed by atoms with van der Waals surface area (Å²) >= 11 is 0. The lowest BCUT2D eigenvalue weighted by Crippen LogP contribution is -2.42. The monoisotopic (exact) mass is 291 g/mol. The van der Waals surface area contributed by atoms with Crippen LogP contribution in [0.2, 0.25) is 0 Å². The zero-order chi connectivity index (χ0) is 14.8. The van der Waals surface area contributed by atoms with Crippen LogP contribution in [0.25, 0.3) is 10.9 Å². The zero-order valence-corrected chi connectivity index (χ0v) is 12.6. The summed E-state index contributed by atoms with van der Waals surface area (Å²) in [5.74, 6) is 0. The third kappa shape index (κ3) is 2.65. The molecule has 0 fully saturated rings. The Morgan fingerprint density at radius 1 is 1.00 bits per heavy atom. The first kappa shape index (κ1) is 13.6. The van der Waals surface area contributed by atoms with E-state index in [-0.39, 0.29) is 0 Å². The quantitative estimate of drug-likeness (QED) is 0.691. The molecule has 2 aromatic carbocycles. The smallest absolute Gasteiger partial charge is 0.0459 e. The third-order valence-electron chi connectivity index (χ3n) is 4.48. The molecule has 1 unspecified atom stereocenters. The fourth-order valence-corrected chi connectivity index (χ4v) is 3.34.